The first-order valence-electron chi connectivity index (χ1n) is 19.2. The molecule has 0 aliphatic carbocycles. The first kappa shape index (κ1) is 46.8. The van der Waals surface area contributed by atoms with E-state index in [1.165, 1.54) is 6.20 Å². The number of nitrogens with one attached hydrogen (secondary N) is 7. The lowest BCUT2D eigenvalue weighted by atomic mass is 10.1. The topological polar surface area (TPSA) is 322 Å². The number of carbonyl (C=O) groups excluding carboxylic acids is 5. The summed E-state index contributed by atoms with van der Waals surface area (Å²) in [6.07, 6.45) is 2.84. The lowest BCUT2D eigenvalue weighted by molar-refractivity contribution is -0.129. The smallest absolute Gasteiger partial charge is 0.407 e. The number of fused-ring (bicyclic) bond motifs is 1. The molecule has 0 radical (unpaired) electrons. The highest BCUT2D eigenvalue weighted by atomic mass is 16.6. The number of carbonyl (C=O) groups is 5. The fourth-order valence-corrected chi connectivity index (χ4v) is 5.25. The number of hydrogen-bond acceptors (Lipinski definition) is 14. The SMILES string of the molecule is C[C@H](CCC(=O)NCCOCCNC(=O)[C@H](CCCCNC(=O)OC(C)(C)C)NC(=O)CCN=[N+]=[N-])NC(=O)c1ccc(NCc2cnc3nc(N)[nH]c(=O)c3n2)cc1. The molecule has 0 unspecified atom stereocenters. The van der Waals surface area contributed by atoms with Crippen molar-refractivity contribution in [3.05, 3.63) is 62.5 Å². The minimum Gasteiger partial charge on any atom is -0.444 e. The van der Waals surface area contributed by atoms with Gasteiger partial charge in [-0.15, -0.1) is 0 Å². The predicted molar refractivity (Wildman–Crippen MR) is 218 cm³/mol. The van der Waals surface area contributed by atoms with E-state index < -0.39 is 35.1 Å². The Kier molecular flexibility index (Phi) is 19.3. The number of H-pyrrole nitrogens is 1. The van der Waals surface area contributed by atoms with Crippen LogP contribution in [0.4, 0.5) is 16.4 Å². The molecule has 2 heterocycles. The summed E-state index contributed by atoms with van der Waals surface area (Å²) < 4.78 is 10.7. The van der Waals surface area contributed by atoms with Crippen LogP contribution in [0.25, 0.3) is 21.6 Å². The van der Waals surface area contributed by atoms with Crippen LogP contribution in [0, 0.1) is 0 Å². The zero-order chi connectivity index (χ0) is 43.2. The van der Waals surface area contributed by atoms with Gasteiger partial charge in [-0.2, -0.15) is 4.98 Å². The van der Waals surface area contributed by atoms with E-state index in [0.29, 0.717) is 43.5 Å². The van der Waals surface area contributed by atoms with Gasteiger partial charge in [0.25, 0.3) is 11.5 Å². The molecule has 22 heteroatoms. The minimum absolute atomic E-state index is 0.0408. The summed E-state index contributed by atoms with van der Waals surface area (Å²) >= 11 is 0. The third-order valence-corrected chi connectivity index (χ3v) is 8.14. The van der Waals surface area contributed by atoms with Crippen molar-refractivity contribution in [2.75, 3.05) is 50.4 Å². The number of aromatic nitrogens is 4. The van der Waals surface area contributed by atoms with E-state index in [9.17, 15) is 28.8 Å². The van der Waals surface area contributed by atoms with Gasteiger partial charge < -0.3 is 47.1 Å². The number of nitrogens with zero attached hydrogens (tertiary/aromatic N) is 6. The number of rotatable bonds is 24. The number of anilines is 2. The zero-order valence-corrected chi connectivity index (χ0v) is 33.8. The van der Waals surface area contributed by atoms with Gasteiger partial charge in [-0.1, -0.05) is 5.11 Å². The second kappa shape index (κ2) is 24.3. The van der Waals surface area contributed by atoms with E-state index in [-0.39, 0.29) is 87.2 Å². The van der Waals surface area contributed by atoms with Crippen molar-refractivity contribution < 1.29 is 33.4 Å². The molecule has 3 aromatic rings. The number of benzene rings is 1. The fraction of sp³-hybridized carbons (Fsp3) is 0.541. The Labute approximate surface area is 340 Å². The van der Waals surface area contributed by atoms with Crippen molar-refractivity contribution in [1.82, 2.24) is 46.5 Å². The molecule has 2 aromatic heterocycles. The Morgan fingerprint density at radius 1 is 0.932 bits per heavy atom. The van der Waals surface area contributed by atoms with Gasteiger partial charge in [0.05, 0.1) is 31.6 Å². The van der Waals surface area contributed by atoms with E-state index in [1.54, 1.807) is 52.0 Å². The number of ether oxygens (including phenoxy) is 2. The summed E-state index contributed by atoms with van der Waals surface area (Å²) in [7, 11) is 0. The largest absolute Gasteiger partial charge is 0.444 e. The number of unbranched alkanes of at least 4 members (excludes halogenated alkanes) is 1. The van der Waals surface area contributed by atoms with Crippen LogP contribution < -0.4 is 43.2 Å². The number of nitrogen functional groups attached to an aromatic ring is 1. The van der Waals surface area contributed by atoms with Crippen molar-refractivity contribution in [2.24, 2.45) is 5.11 Å². The molecule has 0 saturated carbocycles. The number of hydrogen-bond donors (Lipinski definition) is 8. The molecule has 0 saturated heterocycles. The first-order chi connectivity index (χ1) is 28.1. The van der Waals surface area contributed by atoms with Gasteiger partial charge in [0, 0.05) is 61.2 Å². The van der Waals surface area contributed by atoms with Gasteiger partial charge in [-0.3, -0.25) is 29.0 Å². The van der Waals surface area contributed by atoms with Gasteiger partial charge in [0.1, 0.15) is 11.6 Å². The van der Waals surface area contributed by atoms with Crippen molar-refractivity contribution in [1.29, 1.82) is 0 Å². The predicted octanol–water partition coefficient (Wildman–Crippen LogP) is 1.94. The normalized spacial score (nSPS) is 12.0. The third kappa shape index (κ3) is 18.5. The lowest BCUT2D eigenvalue weighted by Gasteiger charge is -2.20. The maximum Gasteiger partial charge on any atom is 0.407 e. The molecule has 3 rings (SSSR count). The molecule has 0 bridgehead atoms. The second-order valence-corrected chi connectivity index (χ2v) is 14.3. The molecule has 0 fully saturated rings. The molecule has 1 aromatic carbocycles. The summed E-state index contributed by atoms with van der Waals surface area (Å²) in [6.45, 7) is 8.42. The van der Waals surface area contributed by atoms with Gasteiger partial charge in [-0.05, 0) is 83.2 Å². The summed E-state index contributed by atoms with van der Waals surface area (Å²) in [5, 5.41) is 20.2. The van der Waals surface area contributed by atoms with E-state index in [0.717, 1.165) is 5.69 Å². The monoisotopic (exact) mass is 822 g/mol. The second-order valence-electron chi connectivity index (χ2n) is 14.3. The molecule has 0 spiro atoms. The van der Waals surface area contributed by atoms with Crippen molar-refractivity contribution in [2.45, 2.75) is 90.4 Å². The fourth-order valence-electron chi connectivity index (χ4n) is 5.25. The Morgan fingerprint density at radius 3 is 2.37 bits per heavy atom. The molecule has 0 aliphatic heterocycles. The number of amides is 5. The van der Waals surface area contributed by atoms with Crippen LogP contribution >= 0.6 is 0 Å². The van der Waals surface area contributed by atoms with Crippen molar-refractivity contribution >= 4 is 52.5 Å². The highest BCUT2D eigenvalue weighted by Crippen LogP contribution is 2.13. The summed E-state index contributed by atoms with van der Waals surface area (Å²) in [4.78, 5) is 91.6. The van der Waals surface area contributed by atoms with Crippen LogP contribution in [0.5, 0.6) is 0 Å². The maximum absolute atomic E-state index is 12.9. The summed E-state index contributed by atoms with van der Waals surface area (Å²) in [5.41, 5.74) is 14.8. The van der Waals surface area contributed by atoms with Crippen LogP contribution in [0.3, 0.4) is 0 Å². The number of azide groups is 1. The van der Waals surface area contributed by atoms with Gasteiger partial charge in [-0.25, -0.2) is 14.8 Å². The minimum atomic E-state index is -0.844. The molecule has 5 amide bonds. The maximum atomic E-state index is 12.9. The standard InChI is InChI=1S/C37H54N14O8/c1-23(46-32(54)24-9-11-25(12-10-24)43-21-26-22-44-31-30(47-26)34(56)50-35(38)49-31)8-13-28(52)40-17-19-58-20-18-41-33(55)27(48-29(53)14-16-45-51-39)7-5-6-15-42-36(57)59-37(2,3)4/h9-12,22-23,27,43H,5-8,13-21H2,1-4H3,(H,40,52)(H,41,55)(H,42,57)(H,46,54)(H,48,53)(H3,38,44,49,50,56)/t23-,27+/m1/s1. The quantitative estimate of drug-likeness (QED) is 0.0278. The van der Waals surface area contributed by atoms with Gasteiger partial charge >= 0.3 is 6.09 Å². The van der Waals surface area contributed by atoms with E-state index in [4.69, 9.17) is 20.7 Å². The van der Waals surface area contributed by atoms with Crippen LogP contribution in [0.15, 0.2) is 40.4 Å². The van der Waals surface area contributed by atoms with Crippen molar-refractivity contribution in [3.8, 4) is 0 Å². The van der Waals surface area contributed by atoms with Crippen LogP contribution in [0.2, 0.25) is 0 Å². The molecule has 9 N–H and O–H groups in total. The number of nitrogens with two attached hydrogens (primary N) is 1. The van der Waals surface area contributed by atoms with Gasteiger partial charge in [0.15, 0.2) is 11.2 Å². The Balaban J connectivity index is 1.28. The molecule has 22 nitrogen and oxygen atoms in total. The molecule has 0 aliphatic rings. The Hall–Kier alpha value is -6.54. The highest BCUT2D eigenvalue weighted by molar-refractivity contribution is 5.94. The van der Waals surface area contributed by atoms with Crippen LogP contribution in [-0.4, -0.2) is 107 Å². The Morgan fingerprint density at radius 2 is 1.66 bits per heavy atom. The number of alkyl carbamates (subject to hydrolysis) is 1. The van der Waals surface area contributed by atoms with Crippen LogP contribution in [-0.2, 0) is 30.4 Å². The van der Waals surface area contributed by atoms with E-state index >= 15 is 0 Å². The molecular weight excluding hydrogens is 768 g/mol. The summed E-state index contributed by atoms with van der Waals surface area (Å²) in [5.74, 6) is -1.39. The molecule has 320 valence electrons. The zero-order valence-electron chi connectivity index (χ0n) is 33.8. The van der Waals surface area contributed by atoms with E-state index in [1.807, 2.05) is 0 Å². The number of aromatic amines is 1. The molecular formula is C37H54N14O8. The average Bonchev–Trinajstić information content (AvgIpc) is 3.17. The highest BCUT2D eigenvalue weighted by Gasteiger charge is 2.21. The average molecular weight is 823 g/mol. The molecule has 2 atom stereocenters. The first-order valence-corrected chi connectivity index (χ1v) is 19.2. The lowest BCUT2D eigenvalue weighted by Crippen LogP contribution is -2.47. The molecule has 59 heavy (non-hydrogen) atoms. The Bertz CT molecular complexity index is 1980. The van der Waals surface area contributed by atoms with E-state index in [2.05, 4.69) is 61.9 Å². The van der Waals surface area contributed by atoms with Crippen LogP contribution in [0.1, 0.15) is 82.3 Å². The third-order valence-electron chi connectivity index (χ3n) is 8.14. The van der Waals surface area contributed by atoms with Crippen molar-refractivity contribution in [3.63, 3.8) is 0 Å². The summed E-state index contributed by atoms with van der Waals surface area (Å²) in [6, 6.07) is 5.67. The van der Waals surface area contributed by atoms with Gasteiger partial charge in [0.2, 0.25) is 23.7 Å².